The van der Waals surface area contributed by atoms with Gasteiger partial charge in [0.2, 0.25) is 5.95 Å². The number of aromatic nitrogens is 2. The molecule has 5 nitrogen and oxygen atoms in total. The molecule has 1 fully saturated rings. The van der Waals surface area contributed by atoms with Crippen LogP contribution in [0.2, 0.25) is 0 Å². The monoisotopic (exact) mass is 321 g/mol. The Bertz CT molecular complexity index is 814. The summed E-state index contributed by atoms with van der Waals surface area (Å²) in [6, 6.07) is 15.8. The summed E-state index contributed by atoms with van der Waals surface area (Å²) in [7, 11) is 0. The van der Waals surface area contributed by atoms with Crippen LogP contribution in [0.15, 0.2) is 54.7 Å². The van der Waals surface area contributed by atoms with Crippen LogP contribution in [0, 0.1) is 0 Å². The fourth-order valence-electron chi connectivity index (χ4n) is 2.76. The summed E-state index contributed by atoms with van der Waals surface area (Å²) in [6.07, 6.45) is 3.98. The molecule has 2 aromatic carbocycles. The van der Waals surface area contributed by atoms with E-state index in [-0.39, 0.29) is 6.10 Å². The first kappa shape index (κ1) is 14.9. The van der Waals surface area contributed by atoms with Gasteiger partial charge in [-0.2, -0.15) is 0 Å². The minimum Gasteiger partial charge on any atom is -0.490 e. The van der Waals surface area contributed by atoms with Crippen LogP contribution in [0.4, 0.5) is 11.6 Å². The molecular weight excluding hydrogens is 302 g/mol. The van der Waals surface area contributed by atoms with Gasteiger partial charge in [-0.25, -0.2) is 9.97 Å². The Balaban J connectivity index is 1.44. The van der Waals surface area contributed by atoms with E-state index < -0.39 is 0 Å². The van der Waals surface area contributed by atoms with Crippen LogP contribution in [-0.2, 0) is 4.74 Å². The Labute approximate surface area is 140 Å². The summed E-state index contributed by atoms with van der Waals surface area (Å²) in [5.41, 5.74) is 1.86. The van der Waals surface area contributed by atoms with E-state index in [4.69, 9.17) is 9.47 Å². The van der Waals surface area contributed by atoms with E-state index in [0.29, 0.717) is 5.95 Å². The maximum Gasteiger partial charge on any atom is 0.227 e. The van der Waals surface area contributed by atoms with Gasteiger partial charge >= 0.3 is 0 Å². The van der Waals surface area contributed by atoms with Crippen LogP contribution in [0.25, 0.3) is 10.9 Å². The molecule has 4 rings (SSSR count). The van der Waals surface area contributed by atoms with Gasteiger partial charge in [-0.15, -0.1) is 0 Å². The molecule has 122 valence electrons. The molecular formula is C19H19N3O2. The Morgan fingerprint density at radius 2 is 1.79 bits per heavy atom. The van der Waals surface area contributed by atoms with Crippen LogP contribution in [-0.4, -0.2) is 29.3 Å². The summed E-state index contributed by atoms with van der Waals surface area (Å²) in [5, 5.41) is 4.26. The average molecular weight is 321 g/mol. The second-order valence-corrected chi connectivity index (χ2v) is 5.83. The van der Waals surface area contributed by atoms with Crippen LogP contribution in [0.1, 0.15) is 12.8 Å². The Hall–Kier alpha value is -2.66. The van der Waals surface area contributed by atoms with Gasteiger partial charge < -0.3 is 14.8 Å². The van der Waals surface area contributed by atoms with Crippen molar-refractivity contribution in [2.45, 2.75) is 18.9 Å². The van der Waals surface area contributed by atoms with Crippen molar-refractivity contribution < 1.29 is 9.47 Å². The summed E-state index contributed by atoms with van der Waals surface area (Å²) in [5.74, 6) is 1.47. The number of rotatable bonds is 4. The molecule has 0 atom stereocenters. The van der Waals surface area contributed by atoms with Gasteiger partial charge in [0.25, 0.3) is 0 Å². The topological polar surface area (TPSA) is 56.3 Å². The van der Waals surface area contributed by atoms with Gasteiger partial charge in [-0.1, -0.05) is 18.2 Å². The first-order valence-corrected chi connectivity index (χ1v) is 8.20. The molecule has 2 heterocycles. The van der Waals surface area contributed by atoms with E-state index in [0.717, 1.165) is 48.4 Å². The molecule has 0 unspecified atom stereocenters. The molecule has 1 saturated heterocycles. The number of para-hydroxylation sites is 1. The first-order chi connectivity index (χ1) is 11.9. The van der Waals surface area contributed by atoms with Crippen molar-refractivity contribution in [2.75, 3.05) is 18.5 Å². The Kier molecular flexibility index (Phi) is 4.25. The van der Waals surface area contributed by atoms with Crippen molar-refractivity contribution in [3.63, 3.8) is 0 Å². The normalized spacial score (nSPS) is 15.3. The molecule has 24 heavy (non-hydrogen) atoms. The van der Waals surface area contributed by atoms with Crippen molar-refractivity contribution in [2.24, 2.45) is 0 Å². The van der Waals surface area contributed by atoms with Gasteiger partial charge in [0.15, 0.2) is 0 Å². The molecule has 0 radical (unpaired) electrons. The molecule has 0 aliphatic carbocycles. The largest absolute Gasteiger partial charge is 0.490 e. The lowest BCUT2D eigenvalue weighted by molar-refractivity contribution is 0.0256. The molecule has 1 aliphatic heterocycles. The molecule has 0 amide bonds. The number of ether oxygens (including phenoxy) is 2. The predicted molar refractivity (Wildman–Crippen MR) is 93.7 cm³/mol. The van der Waals surface area contributed by atoms with Crippen LogP contribution >= 0.6 is 0 Å². The van der Waals surface area contributed by atoms with E-state index >= 15 is 0 Å². The summed E-state index contributed by atoms with van der Waals surface area (Å²) in [4.78, 5) is 8.87. The average Bonchev–Trinajstić information content (AvgIpc) is 2.64. The third-order valence-corrected chi connectivity index (χ3v) is 4.07. The van der Waals surface area contributed by atoms with Gasteiger partial charge in [0.05, 0.1) is 18.7 Å². The zero-order valence-corrected chi connectivity index (χ0v) is 13.3. The van der Waals surface area contributed by atoms with Crippen LogP contribution in [0.3, 0.4) is 0 Å². The van der Waals surface area contributed by atoms with E-state index in [1.807, 2.05) is 54.7 Å². The summed E-state index contributed by atoms with van der Waals surface area (Å²) >= 11 is 0. The lowest BCUT2D eigenvalue weighted by Crippen LogP contribution is -2.25. The highest BCUT2D eigenvalue weighted by atomic mass is 16.5. The molecule has 0 spiro atoms. The van der Waals surface area contributed by atoms with Gasteiger partial charge in [0.1, 0.15) is 11.9 Å². The van der Waals surface area contributed by atoms with Crippen molar-refractivity contribution in [1.29, 1.82) is 0 Å². The summed E-state index contributed by atoms with van der Waals surface area (Å²) < 4.78 is 11.3. The van der Waals surface area contributed by atoms with Crippen molar-refractivity contribution >= 4 is 22.5 Å². The zero-order chi connectivity index (χ0) is 16.2. The highest BCUT2D eigenvalue weighted by molar-refractivity contribution is 5.78. The number of hydrogen-bond donors (Lipinski definition) is 1. The van der Waals surface area contributed by atoms with Crippen molar-refractivity contribution in [3.8, 4) is 5.75 Å². The third-order valence-electron chi connectivity index (χ3n) is 4.07. The first-order valence-electron chi connectivity index (χ1n) is 8.20. The summed E-state index contributed by atoms with van der Waals surface area (Å²) in [6.45, 7) is 1.56. The second kappa shape index (κ2) is 6.84. The van der Waals surface area contributed by atoms with Gasteiger partial charge in [-0.05, 0) is 30.3 Å². The third kappa shape index (κ3) is 3.46. The molecule has 0 bridgehead atoms. The highest BCUT2D eigenvalue weighted by Gasteiger charge is 2.15. The Morgan fingerprint density at radius 1 is 1.00 bits per heavy atom. The number of benzene rings is 2. The quantitative estimate of drug-likeness (QED) is 0.789. The highest BCUT2D eigenvalue weighted by Crippen LogP contribution is 2.22. The maximum atomic E-state index is 5.98. The van der Waals surface area contributed by atoms with Gasteiger partial charge in [-0.3, -0.25) is 0 Å². The Morgan fingerprint density at radius 3 is 2.62 bits per heavy atom. The van der Waals surface area contributed by atoms with E-state index in [1.165, 1.54) is 0 Å². The number of nitrogens with zero attached hydrogens (tertiary/aromatic N) is 2. The number of anilines is 2. The van der Waals surface area contributed by atoms with Crippen LogP contribution in [0.5, 0.6) is 5.75 Å². The molecule has 3 aromatic rings. The second-order valence-electron chi connectivity index (χ2n) is 5.83. The minimum absolute atomic E-state index is 0.251. The molecule has 1 aliphatic rings. The van der Waals surface area contributed by atoms with Crippen LogP contribution < -0.4 is 10.1 Å². The molecule has 1 N–H and O–H groups in total. The maximum absolute atomic E-state index is 5.98. The molecule has 0 saturated carbocycles. The molecule has 5 heteroatoms. The number of hydrogen-bond acceptors (Lipinski definition) is 5. The standard InChI is InChI=1S/C19H19N3O2/c1-2-4-18-14(3-1)13-20-19(22-18)21-15-5-7-16(8-6-15)24-17-9-11-23-12-10-17/h1-8,13,17H,9-12H2,(H,20,21,22). The van der Waals surface area contributed by atoms with Crippen molar-refractivity contribution in [1.82, 2.24) is 9.97 Å². The lowest BCUT2D eigenvalue weighted by atomic mass is 10.1. The smallest absolute Gasteiger partial charge is 0.227 e. The fourth-order valence-corrected chi connectivity index (χ4v) is 2.76. The predicted octanol–water partition coefficient (Wildman–Crippen LogP) is 3.93. The molecule has 1 aromatic heterocycles. The van der Waals surface area contributed by atoms with Crippen molar-refractivity contribution in [3.05, 3.63) is 54.7 Å². The fraction of sp³-hybridized carbons (Fsp3) is 0.263. The van der Waals surface area contributed by atoms with E-state index in [1.54, 1.807) is 0 Å². The van der Waals surface area contributed by atoms with E-state index in [9.17, 15) is 0 Å². The minimum atomic E-state index is 0.251. The zero-order valence-electron chi connectivity index (χ0n) is 13.3. The lowest BCUT2D eigenvalue weighted by Gasteiger charge is -2.23. The SMILES string of the molecule is c1ccc2nc(Nc3ccc(OC4CCOCC4)cc3)ncc2c1. The number of nitrogens with one attached hydrogen (secondary N) is 1. The van der Waals surface area contributed by atoms with E-state index in [2.05, 4.69) is 15.3 Å². The van der Waals surface area contributed by atoms with Gasteiger partial charge in [0, 0.05) is 30.1 Å². The number of fused-ring (bicyclic) bond motifs is 1.